The molecule has 1 fully saturated rings. The Labute approximate surface area is 204 Å². The zero-order valence-electron chi connectivity index (χ0n) is 20.7. The maximum atomic E-state index is 12.0. The first kappa shape index (κ1) is 24.4. The van der Waals surface area contributed by atoms with Crippen LogP contribution in [0, 0.1) is 0 Å². The number of nitrogens with zero attached hydrogens (tertiary/aromatic N) is 4. The van der Waals surface area contributed by atoms with Crippen LogP contribution in [0.25, 0.3) is 10.2 Å². The second kappa shape index (κ2) is 9.87. The van der Waals surface area contributed by atoms with Crippen molar-refractivity contribution in [3.05, 3.63) is 29.0 Å². The number of carbonyl (C=O) groups is 1. The van der Waals surface area contributed by atoms with Crippen LogP contribution in [0.3, 0.4) is 0 Å². The molecule has 1 saturated carbocycles. The number of nitrogens with one attached hydrogen (secondary N) is 2. The summed E-state index contributed by atoms with van der Waals surface area (Å²) in [6.45, 7) is 10.7. The zero-order valence-corrected chi connectivity index (χ0v) is 21.5. The molecule has 2 atom stereocenters. The third-order valence-electron chi connectivity index (χ3n) is 5.69. The first-order valence-corrected chi connectivity index (χ1v) is 12.5. The van der Waals surface area contributed by atoms with Gasteiger partial charge in [-0.25, -0.2) is 19.4 Å². The number of thiazole rings is 1. The van der Waals surface area contributed by atoms with Gasteiger partial charge >= 0.3 is 6.09 Å². The fourth-order valence-electron chi connectivity index (χ4n) is 4.20. The maximum Gasteiger partial charge on any atom is 0.407 e. The number of carbonyl (C=O) groups excluding carboxylic acids is 1. The van der Waals surface area contributed by atoms with Crippen molar-refractivity contribution in [1.29, 1.82) is 0 Å². The molecule has 34 heavy (non-hydrogen) atoms. The summed E-state index contributed by atoms with van der Waals surface area (Å²) < 4.78 is 13.8. The smallest absolute Gasteiger partial charge is 0.407 e. The molecule has 0 bridgehead atoms. The number of rotatable bonds is 7. The molecule has 3 heterocycles. The summed E-state index contributed by atoms with van der Waals surface area (Å²) in [5, 5.41) is 12.1. The summed E-state index contributed by atoms with van der Waals surface area (Å²) in [6.07, 6.45) is 3.96. The standard InChI is InChI=1S/C24H34N6O3S/c1-14(2)26-23(31)33-16-8-7-15(9-16)17-11-21(30(29-17)24(3,4)5)28-20-10-18-19(12-25-20)34-22(27-18)13-32-6/h10-12,14-16H,7-9,13H2,1-6H3,(H,25,28)(H,26,31). The summed E-state index contributed by atoms with van der Waals surface area (Å²) in [6, 6.07) is 4.11. The van der Waals surface area contributed by atoms with Crippen LogP contribution in [0.15, 0.2) is 18.3 Å². The first-order valence-electron chi connectivity index (χ1n) is 11.7. The molecule has 3 aromatic heterocycles. The minimum atomic E-state index is -0.347. The molecule has 0 aromatic carbocycles. The van der Waals surface area contributed by atoms with Crippen LogP contribution in [0.1, 0.15) is 70.5 Å². The quantitative estimate of drug-likeness (QED) is 0.467. The molecule has 1 aliphatic carbocycles. The number of hydrogen-bond donors (Lipinski definition) is 2. The van der Waals surface area contributed by atoms with Gasteiger partial charge in [-0.2, -0.15) is 5.10 Å². The summed E-state index contributed by atoms with van der Waals surface area (Å²) >= 11 is 1.59. The van der Waals surface area contributed by atoms with Crippen molar-refractivity contribution in [2.75, 3.05) is 12.4 Å². The number of fused-ring (bicyclic) bond motifs is 1. The van der Waals surface area contributed by atoms with E-state index in [1.54, 1.807) is 18.4 Å². The molecule has 2 N–H and O–H groups in total. The van der Waals surface area contributed by atoms with Crippen molar-refractivity contribution < 1.29 is 14.3 Å². The van der Waals surface area contributed by atoms with E-state index in [2.05, 4.69) is 47.4 Å². The van der Waals surface area contributed by atoms with E-state index in [1.807, 2.05) is 30.8 Å². The molecule has 4 rings (SSSR count). The topological polar surface area (TPSA) is 103 Å². The average Bonchev–Trinajstić information content (AvgIpc) is 3.45. The molecule has 0 radical (unpaired) electrons. The van der Waals surface area contributed by atoms with Crippen LogP contribution >= 0.6 is 11.3 Å². The van der Waals surface area contributed by atoms with Gasteiger partial charge in [-0.05, 0) is 53.9 Å². The molecule has 184 valence electrons. The highest BCUT2D eigenvalue weighted by Crippen LogP contribution is 2.38. The van der Waals surface area contributed by atoms with E-state index in [4.69, 9.17) is 14.6 Å². The van der Waals surface area contributed by atoms with Crippen molar-refractivity contribution in [1.82, 2.24) is 25.1 Å². The van der Waals surface area contributed by atoms with Crippen molar-refractivity contribution >= 4 is 39.3 Å². The van der Waals surface area contributed by atoms with Gasteiger partial charge in [0.15, 0.2) is 0 Å². The van der Waals surface area contributed by atoms with Crippen LogP contribution < -0.4 is 10.6 Å². The maximum absolute atomic E-state index is 12.0. The molecule has 1 aliphatic rings. The normalized spacial score (nSPS) is 18.6. The first-order chi connectivity index (χ1) is 16.1. The summed E-state index contributed by atoms with van der Waals surface area (Å²) in [5.74, 6) is 1.84. The molecule has 2 unspecified atom stereocenters. The number of ether oxygens (including phenoxy) is 2. The fourth-order valence-corrected chi connectivity index (χ4v) is 5.09. The van der Waals surface area contributed by atoms with Gasteiger partial charge in [0.05, 0.1) is 28.1 Å². The van der Waals surface area contributed by atoms with Crippen LogP contribution in [0.4, 0.5) is 16.4 Å². The SMILES string of the molecule is COCc1nc2cc(Nc3cc(C4CCC(OC(=O)NC(C)C)C4)nn3C(C)(C)C)ncc2s1. The van der Waals surface area contributed by atoms with E-state index in [1.165, 1.54) is 0 Å². The van der Waals surface area contributed by atoms with Crippen molar-refractivity contribution in [2.24, 2.45) is 0 Å². The number of aromatic nitrogens is 4. The molecule has 0 aliphatic heterocycles. The lowest BCUT2D eigenvalue weighted by molar-refractivity contribution is 0.0981. The third-order valence-corrected chi connectivity index (χ3v) is 6.67. The van der Waals surface area contributed by atoms with Gasteiger partial charge < -0.3 is 20.1 Å². The second-order valence-electron chi connectivity index (χ2n) is 10.1. The van der Waals surface area contributed by atoms with Gasteiger partial charge in [0, 0.05) is 37.4 Å². The molecular weight excluding hydrogens is 452 g/mol. The van der Waals surface area contributed by atoms with Crippen LogP contribution in [-0.4, -0.2) is 45.1 Å². The summed E-state index contributed by atoms with van der Waals surface area (Å²) in [5.41, 5.74) is 1.68. The predicted octanol–water partition coefficient (Wildman–Crippen LogP) is 5.30. The Kier molecular flexibility index (Phi) is 7.09. The fraction of sp³-hybridized carbons (Fsp3) is 0.583. The van der Waals surface area contributed by atoms with E-state index >= 15 is 0 Å². The Morgan fingerprint density at radius 2 is 2.09 bits per heavy atom. The number of alkyl carbamates (subject to hydrolysis) is 1. The Morgan fingerprint density at radius 1 is 1.29 bits per heavy atom. The number of amides is 1. The van der Waals surface area contributed by atoms with Gasteiger partial charge in [-0.1, -0.05) is 0 Å². The lowest BCUT2D eigenvalue weighted by Gasteiger charge is -2.22. The van der Waals surface area contributed by atoms with Gasteiger partial charge in [0.1, 0.15) is 22.7 Å². The number of methoxy groups -OCH3 is 1. The zero-order chi connectivity index (χ0) is 24.5. The largest absolute Gasteiger partial charge is 0.446 e. The van der Waals surface area contributed by atoms with E-state index < -0.39 is 0 Å². The Morgan fingerprint density at radius 3 is 2.79 bits per heavy atom. The van der Waals surface area contributed by atoms with Crippen LogP contribution in [0.5, 0.6) is 0 Å². The Hall–Kier alpha value is -2.72. The predicted molar refractivity (Wildman–Crippen MR) is 134 cm³/mol. The third kappa shape index (κ3) is 5.67. The molecule has 10 heteroatoms. The van der Waals surface area contributed by atoms with Crippen molar-refractivity contribution in [3.63, 3.8) is 0 Å². The van der Waals surface area contributed by atoms with Gasteiger partial charge in [0.2, 0.25) is 0 Å². The molecule has 0 spiro atoms. The molecule has 1 amide bonds. The van der Waals surface area contributed by atoms with Crippen molar-refractivity contribution in [3.8, 4) is 0 Å². The van der Waals surface area contributed by atoms with Gasteiger partial charge in [0.25, 0.3) is 0 Å². The summed E-state index contributed by atoms with van der Waals surface area (Å²) in [7, 11) is 1.67. The second-order valence-corrected chi connectivity index (χ2v) is 11.2. The van der Waals surface area contributed by atoms with Crippen LogP contribution in [-0.2, 0) is 21.6 Å². The summed E-state index contributed by atoms with van der Waals surface area (Å²) in [4.78, 5) is 21.2. The van der Waals surface area contributed by atoms with E-state index in [9.17, 15) is 4.79 Å². The minimum Gasteiger partial charge on any atom is -0.446 e. The highest BCUT2D eigenvalue weighted by Gasteiger charge is 2.32. The van der Waals surface area contributed by atoms with E-state index in [0.29, 0.717) is 6.61 Å². The number of anilines is 2. The highest BCUT2D eigenvalue weighted by atomic mass is 32.1. The highest BCUT2D eigenvalue weighted by molar-refractivity contribution is 7.18. The Bertz CT molecular complexity index is 1150. The lowest BCUT2D eigenvalue weighted by Crippen LogP contribution is -2.33. The van der Waals surface area contributed by atoms with E-state index in [-0.39, 0.29) is 29.7 Å². The number of hydrogen-bond acceptors (Lipinski definition) is 8. The number of pyridine rings is 1. The van der Waals surface area contributed by atoms with Gasteiger partial charge in [-0.3, -0.25) is 0 Å². The molecular formula is C24H34N6O3S. The Balaban J connectivity index is 1.52. The monoisotopic (exact) mass is 486 g/mol. The van der Waals surface area contributed by atoms with Gasteiger partial charge in [-0.15, -0.1) is 11.3 Å². The van der Waals surface area contributed by atoms with Crippen LogP contribution in [0.2, 0.25) is 0 Å². The minimum absolute atomic E-state index is 0.0597. The van der Waals surface area contributed by atoms with Crippen molar-refractivity contribution in [2.45, 2.75) is 84.1 Å². The lowest BCUT2D eigenvalue weighted by atomic mass is 10.0. The molecule has 3 aromatic rings. The average molecular weight is 487 g/mol. The molecule has 0 saturated heterocycles. The molecule has 9 nitrogen and oxygen atoms in total. The van der Waals surface area contributed by atoms with E-state index in [0.717, 1.165) is 51.8 Å².